The van der Waals surface area contributed by atoms with E-state index in [1.165, 1.54) is 0 Å². The van der Waals surface area contributed by atoms with E-state index in [0.29, 0.717) is 0 Å². The van der Waals surface area contributed by atoms with E-state index in [4.69, 9.17) is 14.9 Å². The summed E-state index contributed by atoms with van der Waals surface area (Å²) >= 11 is 0. The third-order valence-corrected chi connectivity index (χ3v) is 2.71. The van der Waals surface area contributed by atoms with Gasteiger partial charge in [-0.15, -0.1) is 0 Å². The monoisotopic (exact) mass is 281 g/mol. The van der Waals surface area contributed by atoms with Crippen LogP contribution in [0.2, 0.25) is 0 Å². The van der Waals surface area contributed by atoms with Gasteiger partial charge >= 0.3 is 5.97 Å². The first-order valence-corrected chi connectivity index (χ1v) is 6.27. The van der Waals surface area contributed by atoms with Crippen LogP contribution in [0.1, 0.15) is 17.5 Å². The molecule has 1 aromatic rings. The van der Waals surface area contributed by atoms with Crippen LogP contribution in [0.15, 0.2) is 18.2 Å². The molecule has 0 saturated heterocycles. The number of carboxylic acid groups (broad SMARTS) is 1. The summed E-state index contributed by atoms with van der Waals surface area (Å²) in [6.45, 7) is 3.75. The highest BCUT2D eigenvalue weighted by Gasteiger charge is 2.14. The Hall–Kier alpha value is -2.08. The van der Waals surface area contributed by atoms with Crippen molar-refractivity contribution in [3.05, 3.63) is 29.3 Å². The van der Waals surface area contributed by atoms with Crippen LogP contribution >= 0.6 is 0 Å². The molecule has 0 aliphatic heterocycles. The summed E-state index contributed by atoms with van der Waals surface area (Å²) < 4.78 is 5.50. The molecular weight excluding hydrogens is 262 g/mol. The molecule has 1 amide bonds. The van der Waals surface area contributed by atoms with Crippen LogP contribution in [0, 0.1) is 13.8 Å². The molecule has 1 rings (SSSR count). The van der Waals surface area contributed by atoms with Gasteiger partial charge in [0.15, 0.2) is 6.10 Å². The van der Waals surface area contributed by atoms with Gasteiger partial charge in [-0.3, -0.25) is 4.79 Å². The van der Waals surface area contributed by atoms with Crippen LogP contribution in [0.5, 0.6) is 5.75 Å². The van der Waals surface area contributed by atoms with Gasteiger partial charge in [-0.2, -0.15) is 0 Å². The number of nitrogens with one attached hydrogen (secondary N) is 1. The van der Waals surface area contributed by atoms with Gasteiger partial charge in [0.05, 0.1) is 19.6 Å². The SMILES string of the molecule is Cc1ccc(C)c(OCCC(=O)NCC(O)C(=O)O)c1. The lowest BCUT2D eigenvalue weighted by Crippen LogP contribution is -2.36. The van der Waals surface area contributed by atoms with Gasteiger partial charge in [0, 0.05) is 0 Å². The number of carboxylic acids is 1. The molecule has 110 valence electrons. The van der Waals surface area contributed by atoms with Crippen molar-refractivity contribution < 1.29 is 24.5 Å². The Labute approximate surface area is 117 Å². The summed E-state index contributed by atoms with van der Waals surface area (Å²) in [5.41, 5.74) is 2.05. The Kier molecular flexibility index (Phi) is 5.99. The van der Waals surface area contributed by atoms with E-state index in [1.54, 1.807) is 0 Å². The quantitative estimate of drug-likeness (QED) is 0.681. The summed E-state index contributed by atoms with van der Waals surface area (Å²) in [4.78, 5) is 21.8. The topological polar surface area (TPSA) is 95.9 Å². The second kappa shape index (κ2) is 7.49. The summed E-state index contributed by atoms with van der Waals surface area (Å²) in [6, 6.07) is 5.80. The van der Waals surface area contributed by atoms with Crippen LogP contribution in [0.25, 0.3) is 0 Å². The first-order valence-electron chi connectivity index (χ1n) is 6.27. The van der Waals surface area contributed by atoms with Gasteiger partial charge in [0.2, 0.25) is 5.91 Å². The number of ether oxygens (including phenoxy) is 1. The maximum Gasteiger partial charge on any atom is 0.334 e. The Morgan fingerprint density at radius 3 is 2.70 bits per heavy atom. The lowest BCUT2D eigenvalue weighted by atomic mass is 10.1. The lowest BCUT2D eigenvalue weighted by molar-refractivity contribution is -0.146. The number of amides is 1. The van der Waals surface area contributed by atoms with Gasteiger partial charge in [0.1, 0.15) is 5.75 Å². The molecule has 1 unspecified atom stereocenters. The third-order valence-electron chi connectivity index (χ3n) is 2.71. The molecule has 0 saturated carbocycles. The van der Waals surface area contributed by atoms with Crippen LogP contribution in [-0.4, -0.2) is 41.3 Å². The smallest absolute Gasteiger partial charge is 0.334 e. The standard InChI is InChI=1S/C14H19NO5/c1-9-3-4-10(2)12(7-9)20-6-5-13(17)15-8-11(16)14(18)19/h3-4,7,11,16H,5-6,8H2,1-2H3,(H,15,17)(H,18,19). The van der Waals surface area contributed by atoms with Crippen molar-refractivity contribution in [2.75, 3.05) is 13.2 Å². The fourth-order valence-corrected chi connectivity index (χ4v) is 1.50. The van der Waals surface area contributed by atoms with Crippen LogP contribution < -0.4 is 10.1 Å². The Morgan fingerprint density at radius 1 is 1.35 bits per heavy atom. The summed E-state index contributed by atoms with van der Waals surface area (Å²) in [5, 5.41) is 19.8. The number of benzene rings is 1. The molecule has 0 spiro atoms. The molecule has 20 heavy (non-hydrogen) atoms. The van der Waals surface area contributed by atoms with Gasteiger partial charge < -0.3 is 20.3 Å². The van der Waals surface area contributed by atoms with Gasteiger partial charge in [-0.25, -0.2) is 4.79 Å². The number of aliphatic hydroxyl groups excluding tert-OH is 1. The van der Waals surface area contributed by atoms with Crippen molar-refractivity contribution >= 4 is 11.9 Å². The van der Waals surface area contributed by atoms with Crippen LogP contribution in [0.3, 0.4) is 0 Å². The highest BCUT2D eigenvalue weighted by Crippen LogP contribution is 2.19. The van der Waals surface area contributed by atoms with E-state index in [0.717, 1.165) is 16.9 Å². The van der Waals surface area contributed by atoms with Gasteiger partial charge in [-0.1, -0.05) is 12.1 Å². The molecular formula is C14H19NO5. The number of hydrogen-bond acceptors (Lipinski definition) is 4. The van der Waals surface area contributed by atoms with Crippen LogP contribution in [-0.2, 0) is 9.59 Å². The van der Waals surface area contributed by atoms with Crippen molar-refractivity contribution in [1.29, 1.82) is 0 Å². The number of carbonyl (C=O) groups excluding carboxylic acids is 1. The van der Waals surface area contributed by atoms with Gasteiger partial charge in [0.25, 0.3) is 0 Å². The average Bonchev–Trinajstić information content (AvgIpc) is 2.39. The molecule has 1 atom stereocenters. The number of carbonyl (C=O) groups is 2. The number of aliphatic carboxylic acids is 1. The van der Waals surface area contributed by atoms with E-state index in [2.05, 4.69) is 5.32 Å². The fraction of sp³-hybridized carbons (Fsp3) is 0.429. The molecule has 6 heteroatoms. The van der Waals surface area contributed by atoms with Crippen molar-refractivity contribution in [2.24, 2.45) is 0 Å². The van der Waals surface area contributed by atoms with E-state index in [1.807, 2.05) is 32.0 Å². The highest BCUT2D eigenvalue weighted by atomic mass is 16.5. The molecule has 0 aliphatic rings. The summed E-state index contributed by atoms with van der Waals surface area (Å²) in [5.74, 6) is -1.00. The molecule has 0 aliphatic carbocycles. The molecule has 0 bridgehead atoms. The minimum atomic E-state index is -1.58. The predicted octanol–water partition coefficient (Wildman–Crippen LogP) is 0.634. The van der Waals surface area contributed by atoms with E-state index < -0.39 is 12.1 Å². The Morgan fingerprint density at radius 2 is 2.05 bits per heavy atom. The van der Waals surface area contributed by atoms with E-state index in [-0.39, 0.29) is 25.5 Å². The maximum atomic E-state index is 11.4. The van der Waals surface area contributed by atoms with Crippen molar-refractivity contribution in [3.63, 3.8) is 0 Å². The number of hydrogen-bond donors (Lipinski definition) is 3. The molecule has 0 heterocycles. The molecule has 0 aromatic heterocycles. The summed E-state index contributed by atoms with van der Waals surface area (Å²) in [7, 11) is 0. The van der Waals surface area contributed by atoms with E-state index >= 15 is 0 Å². The second-order valence-corrected chi connectivity index (χ2v) is 4.53. The van der Waals surface area contributed by atoms with Crippen molar-refractivity contribution in [1.82, 2.24) is 5.32 Å². The maximum absolute atomic E-state index is 11.4. The Balaban J connectivity index is 2.31. The van der Waals surface area contributed by atoms with Gasteiger partial charge in [-0.05, 0) is 31.0 Å². The zero-order valence-electron chi connectivity index (χ0n) is 11.5. The van der Waals surface area contributed by atoms with E-state index in [9.17, 15) is 9.59 Å². The number of aryl methyl sites for hydroxylation is 2. The zero-order valence-corrected chi connectivity index (χ0v) is 11.5. The van der Waals surface area contributed by atoms with Crippen LogP contribution in [0.4, 0.5) is 0 Å². The van der Waals surface area contributed by atoms with Crippen molar-refractivity contribution in [2.45, 2.75) is 26.4 Å². The Bertz CT molecular complexity index is 486. The fourth-order valence-electron chi connectivity index (χ4n) is 1.50. The minimum Gasteiger partial charge on any atom is -0.493 e. The van der Waals surface area contributed by atoms with Crippen molar-refractivity contribution in [3.8, 4) is 5.75 Å². The number of rotatable bonds is 7. The second-order valence-electron chi connectivity index (χ2n) is 4.53. The first-order chi connectivity index (χ1) is 9.40. The molecule has 0 fully saturated rings. The summed E-state index contributed by atoms with van der Waals surface area (Å²) in [6.07, 6.45) is -1.49. The molecule has 6 nitrogen and oxygen atoms in total. The predicted molar refractivity (Wildman–Crippen MR) is 72.7 cm³/mol. The zero-order chi connectivity index (χ0) is 15.1. The minimum absolute atomic E-state index is 0.0969. The average molecular weight is 281 g/mol. The normalized spacial score (nSPS) is 11.8. The largest absolute Gasteiger partial charge is 0.493 e. The third kappa shape index (κ3) is 5.27. The lowest BCUT2D eigenvalue weighted by Gasteiger charge is -2.11. The molecule has 1 aromatic carbocycles. The number of aliphatic hydroxyl groups is 1. The molecule has 0 radical (unpaired) electrons. The highest BCUT2D eigenvalue weighted by molar-refractivity contribution is 5.78. The first kappa shape index (κ1) is 16.0. The molecule has 3 N–H and O–H groups in total.